The molecule has 0 fully saturated rings. The summed E-state index contributed by atoms with van der Waals surface area (Å²) in [7, 11) is 1.22. The van der Waals surface area contributed by atoms with Crippen molar-refractivity contribution in [1.82, 2.24) is 4.57 Å². The number of hydrogen-bond acceptors (Lipinski definition) is 5. The number of halogens is 1. The third-order valence-corrected chi connectivity index (χ3v) is 10.0. The van der Waals surface area contributed by atoms with Crippen LogP contribution >= 0.6 is 31.7 Å². The third kappa shape index (κ3) is 8.38. The fourth-order valence-electron chi connectivity index (χ4n) is 5.49. The molecule has 0 bridgehead atoms. The molecule has 0 saturated carbocycles. The normalized spacial score (nSPS) is 11.3. The molecule has 4 N–H and O–H groups in total. The van der Waals surface area contributed by atoms with Gasteiger partial charge in [-0.05, 0) is 137 Å². The Bertz CT molecular complexity index is 1680. The van der Waals surface area contributed by atoms with Crippen LogP contribution in [0.15, 0.2) is 95.6 Å². The number of benzene rings is 3. The Morgan fingerprint density at radius 2 is 1.49 bits per heavy atom. The van der Waals surface area contributed by atoms with Gasteiger partial charge in [0.05, 0.1) is 11.1 Å². The molecule has 0 atom stereocenters. The van der Waals surface area contributed by atoms with Crippen molar-refractivity contribution in [1.29, 1.82) is 0 Å². The van der Waals surface area contributed by atoms with Crippen molar-refractivity contribution in [3.63, 3.8) is 0 Å². The highest BCUT2D eigenvalue weighted by molar-refractivity contribution is 8.00. The minimum Gasteiger partial charge on any atom is -0.383 e. The van der Waals surface area contributed by atoms with Crippen LogP contribution in [0.3, 0.4) is 0 Å². The third-order valence-electron chi connectivity index (χ3n) is 7.79. The van der Waals surface area contributed by atoms with Gasteiger partial charge in [0, 0.05) is 63.9 Å². The summed E-state index contributed by atoms with van der Waals surface area (Å²) in [4.78, 5) is 1.22. The Morgan fingerprint density at radius 3 is 2.16 bits per heavy atom. The van der Waals surface area contributed by atoms with Gasteiger partial charge in [-0.3, -0.25) is 0 Å². The summed E-state index contributed by atoms with van der Waals surface area (Å²) in [6.07, 6.45) is 1.13. The van der Waals surface area contributed by atoms with Gasteiger partial charge in [0.2, 0.25) is 0 Å². The lowest BCUT2D eigenvalue weighted by molar-refractivity contribution is 0.594. The van der Waals surface area contributed by atoms with Crippen LogP contribution in [0.2, 0.25) is 5.02 Å². The molecule has 2 aromatic heterocycles. The van der Waals surface area contributed by atoms with E-state index in [4.69, 9.17) is 11.6 Å². The second kappa shape index (κ2) is 15.6. The summed E-state index contributed by atoms with van der Waals surface area (Å²) >= 11 is 7.89. The molecule has 0 spiro atoms. The van der Waals surface area contributed by atoms with Crippen LogP contribution in [0.4, 0.5) is 22.5 Å². The number of nitrogens with one attached hydrogen (secondary N) is 4. The molecule has 0 amide bonds. The van der Waals surface area contributed by atoms with Gasteiger partial charge in [-0.2, -0.15) is 0 Å². The molecule has 0 unspecified atom stereocenters. The highest BCUT2D eigenvalue weighted by atomic mass is 35.5. The monoisotopic (exact) mass is 655 g/mol. The number of nitrogens with zero attached hydrogens (tertiary/aromatic N) is 1. The second-order valence-electron chi connectivity index (χ2n) is 11.4. The van der Waals surface area contributed by atoms with Crippen molar-refractivity contribution in [3.05, 3.63) is 107 Å². The Kier molecular flexibility index (Phi) is 11.4. The highest BCUT2D eigenvalue weighted by Gasteiger charge is 2.22. The molecule has 2 heterocycles. The molecule has 8 heteroatoms. The summed E-state index contributed by atoms with van der Waals surface area (Å²) in [5, 5.41) is 11.4. The van der Waals surface area contributed by atoms with Crippen molar-refractivity contribution in [3.8, 4) is 22.4 Å². The first kappa shape index (κ1) is 32.8. The van der Waals surface area contributed by atoms with E-state index in [0.717, 1.165) is 48.1 Å². The van der Waals surface area contributed by atoms with Crippen LogP contribution in [0.25, 0.3) is 22.4 Å². The first-order chi connectivity index (χ1) is 21.8. The van der Waals surface area contributed by atoms with Gasteiger partial charge >= 0.3 is 0 Å². The van der Waals surface area contributed by atoms with Gasteiger partial charge in [-0.15, -0.1) is 0 Å². The van der Waals surface area contributed by atoms with E-state index in [0.29, 0.717) is 6.04 Å². The van der Waals surface area contributed by atoms with Crippen molar-refractivity contribution in [2.75, 3.05) is 40.3 Å². The summed E-state index contributed by atoms with van der Waals surface area (Å²) < 4.78 is 5.90. The molecule has 5 nitrogen and oxygen atoms in total. The van der Waals surface area contributed by atoms with Crippen LogP contribution in [-0.2, 0) is 0 Å². The van der Waals surface area contributed by atoms with Crippen molar-refractivity contribution in [2.24, 2.45) is 0 Å². The number of rotatable bonds is 14. The molecule has 45 heavy (non-hydrogen) atoms. The maximum atomic E-state index is 6.25. The van der Waals surface area contributed by atoms with Gasteiger partial charge in [-0.1, -0.05) is 42.8 Å². The first-order valence-corrected chi connectivity index (χ1v) is 17.8. The summed E-state index contributed by atoms with van der Waals surface area (Å²) in [6, 6.07) is 30.1. The average Bonchev–Trinajstić information content (AvgIpc) is 3.32. The first-order valence-electron chi connectivity index (χ1n) is 15.6. The van der Waals surface area contributed by atoms with E-state index in [9.17, 15) is 0 Å². The molecule has 0 aliphatic heterocycles. The maximum Gasteiger partial charge on any atom is 0.0617 e. The van der Waals surface area contributed by atoms with E-state index in [1.165, 1.54) is 52.1 Å². The molecule has 0 aliphatic carbocycles. The SMILES string of the molecule is CCCNc1ccc(SNc2ccc(NCCNc3cccc(-c4c(C)c(C)n(C(C)C)c4-c4ccc(Cl)cc4)c3)cc2)cp1. The Labute approximate surface area is 279 Å². The Morgan fingerprint density at radius 1 is 0.778 bits per heavy atom. The van der Waals surface area contributed by atoms with E-state index < -0.39 is 0 Å². The lowest BCUT2D eigenvalue weighted by Gasteiger charge is -2.17. The zero-order valence-corrected chi connectivity index (χ0v) is 29.2. The van der Waals surface area contributed by atoms with Gasteiger partial charge in [0.25, 0.3) is 0 Å². The van der Waals surface area contributed by atoms with Crippen LogP contribution in [0, 0.1) is 13.8 Å². The minimum atomic E-state index is 0.338. The van der Waals surface area contributed by atoms with E-state index in [2.05, 4.69) is 138 Å². The lowest BCUT2D eigenvalue weighted by Crippen LogP contribution is -2.13. The number of anilines is 4. The zero-order valence-electron chi connectivity index (χ0n) is 26.7. The standard InChI is InChI=1S/C37H43ClN5PS/c1-6-20-41-35-19-18-34(24-44-35)45-42-32-16-14-31(15-17-32)39-21-22-40-33-9-7-8-29(23-33)36-26(4)27(5)43(25(2)3)37(36)28-10-12-30(38)13-11-28/h7-19,23-25,39-42H,6,20-22H2,1-5H3. The molecular formula is C37H43ClN5PS. The lowest BCUT2D eigenvalue weighted by atomic mass is 9.97. The van der Waals surface area contributed by atoms with E-state index in [1.807, 2.05) is 12.1 Å². The molecule has 234 valence electrons. The molecule has 5 rings (SSSR count). The number of hydrogen-bond donors (Lipinski definition) is 4. The Balaban J connectivity index is 1.18. The maximum absolute atomic E-state index is 6.25. The molecule has 0 saturated heterocycles. The summed E-state index contributed by atoms with van der Waals surface area (Å²) in [6.45, 7) is 13.8. The molecule has 0 radical (unpaired) electrons. The Hall–Kier alpha value is -3.57. The quantitative estimate of drug-likeness (QED) is 0.0708. The largest absolute Gasteiger partial charge is 0.383 e. The molecule has 0 aliphatic rings. The fraction of sp³-hybridized carbons (Fsp3) is 0.270. The predicted molar refractivity (Wildman–Crippen MR) is 201 cm³/mol. The minimum absolute atomic E-state index is 0.338. The van der Waals surface area contributed by atoms with Gasteiger partial charge in [-0.25, -0.2) is 0 Å². The van der Waals surface area contributed by atoms with Crippen molar-refractivity contribution < 1.29 is 0 Å². The number of aromatic nitrogens is 1. The fourth-order valence-corrected chi connectivity index (χ4v) is 7.21. The summed E-state index contributed by atoms with van der Waals surface area (Å²) in [5.41, 5.74) is 12.1. The van der Waals surface area contributed by atoms with E-state index in [1.54, 1.807) is 11.9 Å². The van der Waals surface area contributed by atoms with E-state index >= 15 is 0 Å². The highest BCUT2D eigenvalue weighted by Crippen LogP contribution is 2.41. The van der Waals surface area contributed by atoms with Crippen LogP contribution in [0.1, 0.15) is 44.5 Å². The molecule has 5 aromatic rings. The topological polar surface area (TPSA) is 53.0 Å². The van der Waals surface area contributed by atoms with Crippen LogP contribution in [-0.4, -0.2) is 24.2 Å². The van der Waals surface area contributed by atoms with E-state index in [-0.39, 0.29) is 0 Å². The van der Waals surface area contributed by atoms with Gasteiger partial charge in [0.1, 0.15) is 0 Å². The van der Waals surface area contributed by atoms with Crippen molar-refractivity contribution >= 4 is 54.2 Å². The zero-order chi connectivity index (χ0) is 31.8. The van der Waals surface area contributed by atoms with Crippen LogP contribution < -0.4 is 20.7 Å². The smallest absolute Gasteiger partial charge is 0.0617 e. The average molecular weight is 656 g/mol. The van der Waals surface area contributed by atoms with Gasteiger partial charge < -0.3 is 25.2 Å². The van der Waals surface area contributed by atoms with Crippen LogP contribution in [0.5, 0.6) is 0 Å². The second-order valence-corrected chi connectivity index (χ2v) is 13.7. The van der Waals surface area contributed by atoms with Crippen molar-refractivity contribution in [2.45, 2.75) is 52.0 Å². The predicted octanol–water partition coefficient (Wildman–Crippen LogP) is 11.7. The van der Waals surface area contributed by atoms with Gasteiger partial charge in [0.15, 0.2) is 0 Å². The molecular weight excluding hydrogens is 613 g/mol. The summed E-state index contributed by atoms with van der Waals surface area (Å²) in [5.74, 6) is 2.23. The molecule has 3 aromatic carbocycles.